The van der Waals surface area contributed by atoms with Crippen molar-refractivity contribution in [2.24, 2.45) is 0 Å². The molecule has 2 heteroatoms. The standard InChI is InChI=1S/C19H22BrN/c1-3-18(14-6-4-13(2)5-7-14)21-19-11-8-15-12-16(20)9-10-17(15)19/h4-7,9-10,12,18-19,21H,3,8,11H2,1-2H3. The van der Waals surface area contributed by atoms with Crippen LogP contribution in [-0.4, -0.2) is 0 Å². The molecule has 1 nitrogen and oxygen atoms in total. The minimum Gasteiger partial charge on any atom is -0.303 e. The van der Waals surface area contributed by atoms with Gasteiger partial charge in [0, 0.05) is 16.6 Å². The van der Waals surface area contributed by atoms with Crippen molar-refractivity contribution in [3.05, 3.63) is 69.2 Å². The second-order valence-corrected chi connectivity index (χ2v) is 6.89. The maximum absolute atomic E-state index is 3.86. The fraction of sp³-hybridized carbons (Fsp3) is 0.368. The minimum absolute atomic E-state index is 0.435. The Bertz CT molecular complexity index is 618. The highest BCUT2D eigenvalue weighted by atomic mass is 79.9. The first-order valence-corrected chi connectivity index (χ1v) is 8.57. The second-order valence-electron chi connectivity index (χ2n) is 5.97. The van der Waals surface area contributed by atoms with Crippen LogP contribution in [0.1, 0.15) is 54.1 Å². The van der Waals surface area contributed by atoms with Gasteiger partial charge in [-0.2, -0.15) is 0 Å². The van der Waals surface area contributed by atoms with E-state index in [1.807, 2.05) is 0 Å². The van der Waals surface area contributed by atoms with Crippen molar-refractivity contribution < 1.29 is 0 Å². The molecule has 21 heavy (non-hydrogen) atoms. The van der Waals surface area contributed by atoms with Crippen molar-refractivity contribution >= 4 is 15.9 Å². The predicted octanol–water partition coefficient (Wildman–Crippen LogP) is 5.49. The first-order chi connectivity index (χ1) is 10.2. The predicted molar refractivity (Wildman–Crippen MR) is 92.6 cm³/mol. The summed E-state index contributed by atoms with van der Waals surface area (Å²) in [5.74, 6) is 0. The number of nitrogens with one attached hydrogen (secondary N) is 1. The van der Waals surface area contributed by atoms with Gasteiger partial charge in [-0.05, 0) is 55.0 Å². The third-order valence-electron chi connectivity index (χ3n) is 4.47. The maximum Gasteiger partial charge on any atom is 0.0331 e. The molecule has 0 aromatic heterocycles. The number of hydrogen-bond donors (Lipinski definition) is 1. The summed E-state index contributed by atoms with van der Waals surface area (Å²) < 4.78 is 1.19. The van der Waals surface area contributed by atoms with E-state index in [2.05, 4.69) is 77.6 Å². The van der Waals surface area contributed by atoms with Gasteiger partial charge in [0.05, 0.1) is 0 Å². The molecule has 0 bridgehead atoms. The maximum atomic E-state index is 3.86. The summed E-state index contributed by atoms with van der Waals surface area (Å²) in [7, 11) is 0. The van der Waals surface area contributed by atoms with Crippen LogP contribution in [0, 0.1) is 6.92 Å². The quantitative estimate of drug-likeness (QED) is 0.774. The lowest BCUT2D eigenvalue weighted by Crippen LogP contribution is -2.24. The molecule has 1 N–H and O–H groups in total. The Morgan fingerprint density at radius 1 is 1.19 bits per heavy atom. The monoisotopic (exact) mass is 343 g/mol. The molecule has 0 heterocycles. The fourth-order valence-electron chi connectivity index (χ4n) is 3.25. The second kappa shape index (κ2) is 6.33. The van der Waals surface area contributed by atoms with Crippen molar-refractivity contribution in [2.75, 3.05) is 0 Å². The Balaban J connectivity index is 1.78. The molecular weight excluding hydrogens is 322 g/mol. The van der Waals surface area contributed by atoms with Gasteiger partial charge in [-0.25, -0.2) is 0 Å². The van der Waals surface area contributed by atoms with E-state index in [1.165, 1.54) is 39.6 Å². The lowest BCUT2D eigenvalue weighted by atomic mass is 10.0. The number of hydrogen-bond acceptors (Lipinski definition) is 1. The van der Waals surface area contributed by atoms with Crippen LogP contribution in [0.15, 0.2) is 46.9 Å². The molecule has 2 aromatic carbocycles. The Hall–Kier alpha value is -1.12. The Labute approximate surface area is 135 Å². The van der Waals surface area contributed by atoms with Crippen LogP contribution in [0.3, 0.4) is 0 Å². The molecule has 2 atom stereocenters. The molecule has 0 saturated heterocycles. The average molecular weight is 344 g/mol. The number of benzene rings is 2. The van der Waals surface area contributed by atoms with Crippen molar-refractivity contribution in [3.8, 4) is 0 Å². The zero-order chi connectivity index (χ0) is 14.8. The number of rotatable bonds is 4. The van der Waals surface area contributed by atoms with Crippen LogP contribution < -0.4 is 5.32 Å². The number of aryl methyl sites for hydroxylation is 2. The molecule has 0 spiro atoms. The van der Waals surface area contributed by atoms with Crippen LogP contribution in [0.4, 0.5) is 0 Å². The fourth-order valence-corrected chi connectivity index (χ4v) is 3.66. The highest BCUT2D eigenvalue weighted by molar-refractivity contribution is 9.10. The molecule has 2 aromatic rings. The normalized spacial score (nSPS) is 18.5. The molecular formula is C19H22BrN. The Kier molecular flexibility index (Phi) is 4.46. The summed E-state index contributed by atoms with van der Waals surface area (Å²) in [5, 5.41) is 3.86. The van der Waals surface area contributed by atoms with Gasteiger partial charge < -0.3 is 5.32 Å². The van der Waals surface area contributed by atoms with Gasteiger partial charge >= 0.3 is 0 Å². The highest BCUT2D eigenvalue weighted by Crippen LogP contribution is 2.35. The summed E-state index contributed by atoms with van der Waals surface area (Å²) in [6.45, 7) is 4.40. The molecule has 1 aliphatic carbocycles. The van der Waals surface area contributed by atoms with E-state index in [-0.39, 0.29) is 0 Å². The van der Waals surface area contributed by atoms with Gasteiger partial charge in [0.1, 0.15) is 0 Å². The summed E-state index contributed by atoms with van der Waals surface area (Å²) in [6.07, 6.45) is 3.50. The summed E-state index contributed by atoms with van der Waals surface area (Å²) in [5.41, 5.74) is 5.68. The van der Waals surface area contributed by atoms with Crippen molar-refractivity contribution in [2.45, 2.75) is 45.2 Å². The molecule has 0 saturated carbocycles. The van der Waals surface area contributed by atoms with E-state index < -0.39 is 0 Å². The molecule has 0 fully saturated rings. The van der Waals surface area contributed by atoms with E-state index in [0.717, 1.165) is 6.42 Å². The first kappa shape index (κ1) is 14.8. The lowest BCUT2D eigenvalue weighted by Gasteiger charge is -2.23. The van der Waals surface area contributed by atoms with Gasteiger partial charge in [0.25, 0.3) is 0 Å². The van der Waals surface area contributed by atoms with E-state index in [4.69, 9.17) is 0 Å². The molecule has 3 rings (SSSR count). The number of halogens is 1. The van der Waals surface area contributed by atoms with Crippen LogP contribution in [-0.2, 0) is 6.42 Å². The SMILES string of the molecule is CCC(NC1CCc2cc(Br)ccc21)c1ccc(C)cc1. The van der Waals surface area contributed by atoms with E-state index in [9.17, 15) is 0 Å². The summed E-state index contributed by atoms with van der Waals surface area (Å²) >= 11 is 3.57. The van der Waals surface area contributed by atoms with Crippen molar-refractivity contribution in [1.29, 1.82) is 0 Å². The van der Waals surface area contributed by atoms with Crippen LogP contribution in [0.25, 0.3) is 0 Å². The van der Waals surface area contributed by atoms with E-state index >= 15 is 0 Å². The smallest absolute Gasteiger partial charge is 0.0331 e. The highest BCUT2D eigenvalue weighted by Gasteiger charge is 2.24. The average Bonchev–Trinajstić information content (AvgIpc) is 2.88. The molecule has 0 amide bonds. The van der Waals surface area contributed by atoms with Crippen LogP contribution in [0.5, 0.6) is 0 Å². The zero-order valence-corrected chi connectivity index (χ0v) is 14.3. The number of fused-ring (bicyclic) bond motifs is 1. The molecule has 110 valence electrons. The van der Waals surface area contributed by atoms with Crippen LogP contribution in [0.2, 0.25) is 0 Å². The van der Waals surface area contributed by atoms with Gasteiger partial charge in [-0.1, -0.05) is 58.7 Å². The summed E-state index contributed by atoms with van der Waals surface area (Å²) in [4.78, 5) is 0. The largest absolute Gasteiger partial charge is 0.303 e. The van der Waals surface area contributed by atoms with E-state index in [1.54, 1.807) is 0 Å². The van der Waals surface area contributed by atoms with Crippen molar-refractivity contribution in [3.63, 3.8) is 0 Å². The molecule has 0 aliphatic heterocycles. The molecule has 1 aliphatic rings. The molecule has 0 radical (unpaired) electrons. The van der Waals surface area contributed by atoms with Crippen molar-refractivity contribution in [1.82, 2.24) is 5.32 Å². The van der Waals surface area contributed by atoms with E-state index in [0.29, 0.717) is 12.1 Å². The topological polar surface area (TPSA) is 12.0 Å². The third-order valence-corrected chi connectivity index (χ3v) is 4.97. The molecule has 2 unspecified atom stereocenters. The lowest BCUT2D eigenvalue weighted by molar-refractivity contribution is 0.433. The van der Waals surface area contributed by atoms with Crippen LogP contribution >= 0.6 is 15.9 Å². The van der Waals surface area contributed by atoms with Gasteiger partial charge in [-0.15, -0.1) is 0 Å². The van der Waals surface area contributed by atoms with Gasteiger partial charge in [0.15, 0.2) is 0 Å². The van der Waals surface area contributed by atoms with Gasteiger partial charge in [0.2, 0.25) is 0 Å². The Morgan fingerprint density at radius 2 is 1.95 bits per heavy atom. The van der Waals surface area contributed by atoms with Gasteiger partial charge in [-0.3, -0.25) is 0 Å². The zero-order valence-electron chi connectivity index (χ0n) is 12.7. The Morgan fingerprint density at radius 3 is 2.67 bits per heavy atom. The minimum atomic E-state index is 0.435. The first-order valence-electron chi connectivity index (χ1n) is 7.78. The summed E-state index contributed by atoms with van der Waals surface area (Å²) in [6, 6.07) is 16.5. The third kappa shape index (κ3) is 3.22.